The first kappa shape index (κ1) is 14.9. The molecule has 1 N–H and O–H groups in total. The molecule has 0 aliphatic heterocycles. The number of ether oxygens (including phenoxy) is 1. The zero-order valence-corrected chi connectivity index (χ0v) is 10.8. The molecule has 0 heterocycles. The van der Waals surface area contributed by atoms with Gasteiger partial charge in [0.05, 0.1) is 11.5 Å². The molecule has 0 fully saturated rings. The number of nitrogens with zero attached hydrogens (tertiary/aromatic N) is 1. The number of non-ortho nitro benzene ring substituents is 1. The quantitative estimate of drug-likeness (QED) is 0.600. The fourth-order valence-corrected chi connectivity index (χ4v) is 1.13. The lowest BCUT2D eigenvalue weighted by atomic mass is 10.2. The molecule has 1 aromatic carbocycles. The molecule has 0 saturated heterocycles. The number of benzene rings is 1. The second-order valence-electron chi connectivity index (χ2n) is 4.27. The van der Waals surface area contributed by atoms with Crippen LogP contribution in [0.3, 0.4) is 0 Å². The molecule has 104 valence electrons. The van der Waals surface area contributed by atoms with E-state index in [2.05, 4.69) is 5.48 Å². The molecule has 0 unspecified atom stereocenters. The van der Waals surface area contributed by atoms with Crippen LogP contribution in [0.2, 0.25) is 0 Å². The van der Waals surface area contributed by atoms with Crippen LogP contribution in [0.4, 0.5) is 5.69 Å². The maximum atomic E-state index is 11.3. The van der Waals surface area contributed by atoms with Gasteiger partial charge >= 0.3 is 0 Å². The second-order valence-corrected chi connectivity index (χ2v) is 4.27. The highest BCUT2D eigenvalue weighted by Gasteiger charge is 2.06. The third kappa shape index (κ3) is 5.82. The third-order valence-corrected chi connectivity index (χ3v) is 2.02. The summed E-state index contributed by atoms with van der Waals surface area (Å²) in [5, 5.41) is 10.4. The van der Waals surface area contributed by atoms with Crippen LogP contribution in [-0.2, 0) is 9.63 Å². The van der Waals surface area contributed by atoms with Gasteiger partial charge in [-0.05, 0) is 18.1 Å². The van der Waals surface area contributed by atoms with E-state index in [9.17, 15) is 14.9 Å². The molecule has 0 bridgehead atoms. The standard InChI is InChI=1S/C12H16N2O5/c1-9(2)7-19-13-12(15)8-18-11-5-3-10(4-6-11)14(16)17/h3-6,9H,7-8H2,1-2H3,(H,13,15). The normalized spacial score (nSPS) is 10.3. The number of carbonyl (C=O) groups excluding carboxylic acids is 1. The number of nitro benzene ring substituents is 1. The summed E-state index contributed by atoms with van der Waals surface area (Å²) in [6.45, 7) is 4.12. The van der Waals surface area contributed by atoms with Gasteiger partial charge in [-0.3, -0.25) is 19.7 Å². The summed E-state index contributed by atoms with van der Waals surface area (Å²) in [6.07, 6.45) is 0. The smallest absolute Gasteiger partial charge is 0.281 e. The number of hydroxylamine groups is 1. The Balaban J connectivity index is 2.32. The lowest BCUT2D eigenvalue weighted by Gasteiger charge is -2.08. The number of nitro groups is 1. The maximum absolute atomic E-state index is 11.3. The average Bonchev–Trinajstić information content (AvgIpc) is 2.36. The molecule has 0 spiro atoms. The summed E-state index contributed by atoms with van der Waals surface area (Å²) in [6, 6.07) is 5.48. The largest absolute Gasteiger partial charge is 0.484 e. The Kier molecular flexibility index (Phi) is 5.74. The Morgan fingerprint density at radius 2 is 2.00 bits per heavy atom. The summed E-state index contributed by atoms with van der Waals surface area (Å²) in [5.74, 6) is 0.277. The van der Waals surface area contributed by atoms with Crippen molar-refractivity contribution in [2.75, 3.05) is 13.2 Å². The van der Waals surface area contributed by atoms with E-state index in [4.69, 9.17) is 9.57 Å². The highest BCUT2D eigenvalue weighted by atomic mass is 16.7. The molecule has 0 atom stereocenters. The van der Waals surface area contributed by atoms with E-state index in [0.717, 1.165) is 0 Å². The molecule has 1 amide bonds. The number of hydrogen-bond acceptors (Lipinski definition) is 5. The van der Waals surface area contributed by atoms with Crippen LogP contribution < -0.4 is 10.2 Å². The fourth-order valence-electron chi connectivity index (χ4n) is 1.13. The van der Waals surface area contributed by atoms with E-state index in [1.54, 1.807) is 0 Å². The second kappa shape index (κ2) is 7.32. The van der Waals surface area contributed by atoms with E-state index in [1.165, 1.54) is 24.3 Å². The Labute approximate surface area is 110 Å². The van der Waals surface area contributed by atoms with Gasteiger partial charge in [-0.2, -0.15) is 0 Å². The highest BCUT2D eigenvalue weighted by Crippen LogP contribution is 2.16. The minimum atomic E-state index is -0.504. The van der Waals surface area contributed by atoms with Crippen molar-refractivity contribution in [1.29, 1.82) is 0 Å². The zero-order valence-electron chi connectivity index (χ0n) is 10.8. The average molecular weight is 268 g/mol. The van der Waals surface area contributed by atoms with Crippen molar-refractivity contribution in [2.24, 2.45) is 5.92 Å². The van der Waals surface area contributed by atoms with Crippen molar-refractivity contribution < 1.29 is 19.3 Å². The molecule has 19 heavy (non-hydrogen) atoms. The SMILES string of the molecule is CC(C)CONC(=O)COc1ccc([N+](=O)[O-])cc1. The van der Waals surface area contributed by atoms with Gasteiger partial charge in [0.2, 0.25) is 0 Å². The predicted octanol–water partition coefficient (Wildman–Crippen LogP) is 1.68. The van der Waals surface area contributed by atoms with Crippen LogP contribution in [0, 0.1) is 16.0 Å². The van der Waals surface area contributed by atoms with Gasteiger partial charge in [-0.25, -0.2) is 5.48 Å². The third-order valence-electron chi connectivity index (χ3n) is 2.02. The Hall–Kier alpha value is -2.15. The van der Waals surface area contributed by atoms with Crippen LogP contribution >= 0.6 is 0 Å². The maximum Gasteiger partial charge on any atom is 0.281 e. The van der Waals surface area contributed by atoms with Crippen molar-refractivity contribution in [2.45, 2.75) is 13.8 Å². The Morgan fingerprint density at radius 1 is 1.37 bits per heavy atom. The van der Waals surface area contributed by atoms with E-state index in [0.29, 0.717) is 18.3 Å². The van der Waals surface area contributed by atoms with Crippen LogP contribution in [0.1, 0.15) is 13.8 Å². The van der Waals surface area contributed by atoms with Gasteiger partial charge < -0.3 is 4.74 Å². The number of carbonyl (C=O) groups is 1. The molecule has 7 nitrogen and oxygen atoms in total. The number of rotatable bonds is 7. The van der Waals surface area contributed by atoms with Gasteiger partial charge in [-0.15, -0.1) is 0 Å². The van der Waals surface area contributed by atoms with Crippen molar-refractivity contribution in [3.8, 4) is 5.75 Å². The predicted molar refractivity (Wildman–Crippen MR) is 67.5 cm³/mol. The highest BCUT2D eigenvalue weighted by molar-refractivity contribution is 5.76. The summed E-state index contributed by atoms with van der Waals surface area (Å²) in [4.78, 5) is 26.2. The van der Waals surface area contributed by atoms with E-state index >= 15 is 0 Å². The molecule has 0 saturated carbocycles. The molecule has 1 aromatic rings. The van der Waals surface area contributed by atoms with Crippen molar-refractivity contribution >= 4 is 11.6 Å². The summed E-state index contributed by atoms with van der Waals surface area (Å²) >= 11 is 0. The van der Waals surface area contributed by atoms with Crippen LogP contribution in [0.25, 0.3) is 0 Å². The first-order valence-corrected chi connectivity index (χ1v) is 5.77. The van der Waals surface area contributed by atoms with Crippen LogP contribution in [0.15, 0.2) is 24.3 Å². The van der Waals surface area contributed by atoms with Gasteiger partial charge in [0, 0.05) is 12.1 Å². The van der Waals surface area contributed by atoms with Gasteiger partial charge in [-0.1, -0.05) is 13.8 Å². The minimum Gasteiger partial charge on any atom is -0.484 e. The molecule has 0 aliphatic carbocycles. The molecular formula is C12H16N2O5. The Morgan fingerprint density at radius 3 is 2.53 bits per heavy atom. The molecule has 0 aromatic heterocycles. The van der Waals surface area contributed by atoms with Crippen LogP contribution in [0.5, 0.6) is 5.75 Å². The first-order chi connectivity index (χ1) is 8.99. The number of amides is 1. The van der Waals surface area contributed by atoms with E-state index in [-0.39, 0.29) is 12.3 Å². The van der Waals surface area contributed by atoms with Gasteiger partial charge in [0.1, 0.15) is 5.75 Å². The Bertz CT molecular complexity index is 430. The minimum absolute atomic E-state index is 0.0305. The van der Waals surface area contributed by atoms with Gasteiger partial charge in [0.25, 0.3) is 11.6 Å². The molecule has 7 heteroatoms. The zero-order chi connectivity index (χ0) is 14.3. The lowest BCUT2D eigenvalue weighted by molar-refractivity contribution is -0.384. The summed E-state index contributed by atoms with van der Waals surface area (Å²) in [7, 11) is 0. The van der Waals surface area contributed by atoms with Gasteiger partial charge in [0.15, 0.2) is 6.61 Å². The van der Waals surface area contributed by atoms with Crippen molar-refractivity contribution in [3.63, 3.8) is 0 Å². The fraction of sp³-hybridized carbons (Fsp3) is 0.417. The topological polar surface area (TPSA) is 90.7 Å². The van der Waals surface area contributed by atoms with Crippen molar-refractivity contribution in [3.05, 3.63) is 34.4 Å². The molecule has 1 rings (SSSR count). The molecular weight excluding hydrogens is 252 g/mol. The summed E-state index contributed by atoms with van der Waals surface area (Å²) in [5.41, 5.74) is 2.21. The number of hydrogen-bond donors (Lipinski definition) is 1. The van der Waals surface area contributed by atoms with E-state index < -0.39 is 10.8 Å². The summed E-state index contributed by atoms with van der Waals surface area (Å²) < 4.78 is 5.15. The molecule has 0 radical (unpaired) electrons. The van der Waals surface area contributed by atoms with Crippen molar-refractivity contribution in [1.82, 2.24) is 5.48 Å². The first-order valence-electron chi connectivity index (χ1n) is 5.77. The molecule has 0 aliphatic rings. The monoisotopic (exact) mass is 268 g/mol. The lowest BCUT2D eigenvalue weighted by Crippen LogP contribution is -2.30. The van der Waals surface area contributed by atoms with Crippen LogP contribution in [-0.4, -0.2) is 24.0 Å². The van der Waals surface area contributed by atoms with E-state index in [1.807, 2.05) is 13.8 Å². The number of nitrogens with one attached hydrogen (secondary N) is 1.